The summed E-state index contributed by atoms with van der Waals surface area (Å²) in [4.78, 5) is 14.7. The number of rotatable bonds is 6. The highest BCUT2D eigenvalue weighted by atomic mass is 32.2. The van der Waals surface area contributed by atoms with E-state index in [0.717, 1.165) is 22.3 Å². The van der Waals surface area contributed by atoms with Crippen LogP contribution in [0.4, 0.5) is 0 Å². The molecule has 5 heteroatoms. The highest BCUT2D eigenvalue weighted by Crippen LogP contribution is 2.23. The van der Waals surface area contributed by atoms with Crippen LogP contribution in [0.3, 0.4) is 0 Å². The van der Waals surface area contributed by atoms with Gasteiger partial charge in [-0.1, -0.05) is 66.7 Å². The van der Waals surface area contributed by atoms with Gasteiger partial charge in [-0.2, -0.15) is 0 Å². The maximum Gasteiger partial charge on any atom is 0.227 e. The topological polar surface area (TPSA) is 54.5 Å². The minimum atomic E-state index is -3.23. The first-order valence-electron chi connectivity index (χ1n) is 9.46. The minimum Gasteiger partial charge on any atom is -0.339 e. The zero-order valence-corrected chi connectivity index (χ0v) is 17.7. The van der Waals surface area contributed by atoms with Crippen LogP contribution in [0.15, 0.2) is 83.8 Å². The van der Waals surface area contributed by atoms with E-state index in [2.05, 4.69) is 12.1 Å². The Balaban J connectivity index is 1.67. The molecular formula is C24H25NO3S. The Morgan fingerprint density at radius 3 is 1.97 bits per heavy atom. The zero-order valence-electron chi connectivity index (χ0n) is 16.9. The largest absolute Gasteiger partial charge is 0.339 e. The number of likely N-dealkylation sites (N-methyl/N-ethyl adjacent to an activating group) is 1. The van der Waals surface area contributed by atoms with Crippen LogP contribution in [-0.2, 0) is 21.1 Å². The average Bonchev–Trinajstić information content (AvgIpc) is 2.73. The molecule has 29 heavy (non-hydrogen) atoms. The van der Waals surface area contributed by atoms with Gasteiger partial charge in [-0.15, -0.1) is 0 Å². The first-order chi connectivity index (χ1) is 13.8. The molecule has 3 aromatic carbocycles. The van der Waals surface area contributed by atoms with Crippen molar-refractivity contribution in [3.63, 3.8) is 0 Å². The van der Waals surface area contributed by atoms with Gasteiger partial charge in [0, 0.05) is 13.3 Å². The Labute approximate surface area is 172 Å². The van der Waals surface area contributed by atoms with Gasteiger partial charge in [0.2, 0.25) is 5.91 Å². The van der Waals surface area contributed by atoms with Gasteiger partial charge in [-0.25, -0.2) is 8.42 Å². The standard InChI is InChI=1S/C24H25NO3S/c1-18(20-13-15-23(16-14-20)29(3,27)28)25(2)24(26)17-19-9-11-22(12-10-19)21-7-5-4-6-8-21/h4-16,18H,17H2,1-3H3. The summed E-state index contributed by atoms with van der Waals surface area (Å²) in [5.41, 5.74) is 4.12. The molecule has 0 saturated heterocycles. The van der Waals surface area contributed by atoms with Gasteiger partial charge < -0.3 is 4.90 Å². The van der Waals surface area contributed by atoms with Crippen LogP contribution in [0.2, 0.25) is 0 Å². The Bertz CT molecular complexity index is 1070. The minimum absolute atomic E-state index is 0.0113. The van der Waals surface area contributed by atoms with Gasteiger partial charge in [0.1, 0.15) is 0 Å². The second-order valence-electron chi connectivity index (χ2n) is 7.26. The highest BCUT2D eigenvalue weighted by Gasteiger charge is 2.18. The summed E-state index contributed by atoms with van der Waals surface area (Å²) in [6.07, 6.45) is 1.50. The van der Waals surface area contributed by atoms with Gasteiger partial charge in [-0.05, 0) is 41.3 Å². The summed E-state index contributed by atoms with van der Waals surface area (Å²) < 4.78 is 23.2. The molecular weight excluding hydrogens is 382 g/mol. The number of nitrogens with zero attached hydrogens (tertiary/aromatic N) is 1. The summed E-state index contributed by atoms with van der Waals surface area (Å²) in [7, 11) is -1.45. The van der Waals surface area contributed by atoms with E-state index in [9.17, 15) is 13.2 Å². The van der Waals surface area contributed by atoms with Crippen LogP contribution < -0.4 is 0 Å². The molecule has 0 radical (unpaired) electrons. The van der Waals surface area contributed by atoms with Gasteiger partial charge >= 0.3 is 0 Å². The molecule has 1 amide bonds. The maximum absolute atomic E-state index is 12.7. The number of carbonyl (C=O) groups is 1. The van der Waals surface area contributed by atoms with Gasteiger partial charge in [0.05, 0.1) is 17.4 Å². The third-order valence-electron chi connectivity index (χ3n) is 5.18. The van der Waals surface area contributed by atoms with Crippen LogP contribution >= 0.6 is 0 Å². The Kier molecular flexibility index (Phi) is 6.18. The molecule has 4 nitrogen and oxygen atoms in total. The van der Waals surface area contributed by atoms with Crippen molar-refractivity contribution in [3.8, 4) is 11.1 Å². The van der Waals surface area contributed by atoms with Crippen LogP contribution in [0.5, 0.6) is 0 Å². The normalized spacial score (nSPS) is 12.4. The lowest BCUT2D eigenvalue weighted by atomic mass is 10.0. The monoisotopic (exact) mass is 407 g/mol. The van der Waals surface area contributed by atoms with E-state index in [-0.39, 0.29) is 16.8 Å². The molecule has 0 heterocycles. The second-order valence-corrected chi connectivity index (χ2v) is 9.28. The Morgan fingerprint density at radius 2 is 1.41 bits per heavy atom. The second kappa shape index (κ2) is 8.62. The molecule has 0 aliphatic carbocycles. The Hall–Kier alpha value is -2.92. The predicted octanol–water partition coefficient (Wildman–Crippen LogP) is 4.52. The quantitative estimate of drug-likeness (QED) is 0.604. The molecule has 150 valence electrons. The van der Waals surface area contributed by atoms with E-state index in [1.54, 1.807) is 36.2 Å². The first kappa shape index (κ1) is 20.8. The SMILES string of the molecule is CC(c1ccc(S(C)(=O)=O)cc1)N(C)C(=O)Cc1ccc(-c2ccccc2)cc1. The van der Waals surface area contributed by atoms with E-state index in [4.69, 9.17) is 0 Å². The van der Waals surface area contributed by atoms with Crippen molar-refractivity contribution in [1.29, 1.82) is 0 Å². The van der Waals surface area contributed by atoms with E-state index in [1.807, 2.05) is 49.4 Å². The highest BCUT2D eigenvalue weighted by molar-refractivity contribution is 7.90. The van der Waals surface area contributed by atoms with E-state index in [0.29, 0.717) is 6.42 Å². The van der Waals surface area contributed by atoms with Crippen molar-refractivity contribution in [2.45, 2.75) is 24.3 Å². The predicted molar refractivity (Wildman–Crippen MR) is 116 cm³/mol. The van der Waals surface area contributed by atoms with E-state index < -0.39 is 9.84 Å². The van der Waals surface area contributed by atoms with Crippen molar-refractivity contribution < 1.29 is 13.2 Å². The molecule has 0 saturated carbocycles. The van der Waals surface area contributed by atoms with Crippen LogP contribution in [-0.4, -0.2) is 32.5 Å². The molecule has 1 atom stereocenters. The van der Waals surface area contributed by atoms with Crippen LogP contribution in [0.1, 0.15) is 24.1 Å². The fourth-order valence-electron chi connectivity index (χ4n) is 3.18. The third-order valence-corrected chi connectivity index (χ3v) is 6.31. The summed E-state index contributed by atoms with van der Waals surface area (Å²) in [6, 6.07) is 24.7. The number of hydrogen-bond acceptors (Lipinski definition) is 3. The van der Waals surface area contributed by atoms with E-state index in [1.165, 1.54) is 6.26 Å². The molecule has 0 N–H and O–H groups in total. The van der Waals surface area contributed by atoms with Crippen molar-refractivity contribution in [2.24, 2.45) is 0 Å². The molecule has 0 aliphatic heterocycles. The van der Waals surface area contributed by atoms with Crippen molar-refractivity contribution >= 4 is 15.7 Å². The number of benzene rings is 3. The van der Waals surface area contributed by atoms with Gasteiger partial charge in [-0.3, -0.25) is 4.79 Å². The molecule has 0 spiro atoms. The summed E-state index contributed by atoms with van der Waals surface area (Å²) in [5, 5.41) is 0. The Morgan fingerprint density at radius 1 is 0.862 bits per heavy atom. The molecule has 0 aromatic heterocycles. The van der Waals surface area contributed by atoms with Crippen LogP contribution in [0, 0.1) is 0 Å². The first-order valence-corrected chi connectivity index (χ1v) is 11.3. The fourth-order valence-corrected chi connectivity index (χ4v) is 3.81. The van der Waals surface area contributed by atoms with Gasteiger partial charge in [0.25, 0.3) is 0 Å². The van der Waals surface area contributed by atoms with Crippen molar-refractivity contribution in [1.82, 2.24) is 4.90 Å². The molecule has 1 unspecified atom stereocenters. The lowest BCUT2D eigenvalue weighted by Crippen LogP contribution is -2.31. The molecule has 3 aromatic rings. The van der Waals surface area contributed by atoms with E-state index >= 15 is 0 Å². The van der Waals surface area contributed by atoms with Gasteiger partial charge in [0.15, 0.2) is 9.84 Å². The van der Waals surface area contributed by atoms with Crippen molar-refractivity contribution in [3.05, 3.63) is 90.0 Å². The smallest absolute Gasteiger partial charge is 0.227 e. The molecule has 0 fully saturated rings. The zero-order chi connectivity index (χ0) is 21.0. The molecule has 0 bridgehead atoms. The number of carbonyl (C=O) groups excluding carboxylic acids is 1. The summed E-state index contributed by atoms with van der Waals surface area (Å²) in [5.74, 6) is 0.0113. The lowest BCUT2D eigenvalue weighted by molar-refractivity contribution is -0.131. The molecule has 0 aliphatic rings. The average molecular weight is 408 g/mol. The van der Waals surface area contributed by atoms with Crippen LogP contribution in [0.25, 0.3) is 11.1 Å². The summed E-state index contributed by atoms with van der Waals surface area (Å²) >= 11 is 0. The number of amides is 1. The summed E-state index contributed by atoms with van der Waals surface area (Å²) in [6.45, 7) is 1.94. The number of hydrogen-bond donors (Lipinski definition) is 0. The lowest BCUT2D eigenvalue weighted by Gasteiger charge is -2.25. The van der Waals surface area contributed by atoms with Crippen molar-refractivity contribution in [2.75, 3.05) is 13.3 Å². The number of sulfone groups is 1. The maximum atomic E-state index is 12.7. The molecule has 3 rings (SSSR count). The third kappa shape index (κ3) is 5.12. The fraction of sp³-hybridized carbons (Fsp3) is 0.208.